The predicted octanol–water partition coefficient (Wildman–Crippen LogP) is 3.59. The Labute approximate surface area is 151 Å². The summed E-state index contributed by atoms with van der Waals surface area (Å²) in [5, 5.41) is 0. The van der Waals surface area contributed by atoms with Crippen LogP contribution in [0.2, 0.25) is 4.31 Å². The van der Waals surface area contributed by atoms with Gasteiger partial charge in [-0.3, -0.25) is 0 Å². The first kappa shape index (κ1) is 17.6. The van der Waals surface area contributed by atoms with E-state index in [0.29, 0.717) is 11.8 Å². The molecule has 0 saturated heterocycles. The minimum atomic E-state index is -0.358. The molecule has 1 unspecified atom stereocenters. The average molecular weight is 389 g/mol. The fourth-order valence-corrected chi connectivity index (χ4v) is 7.96. The second-order valence-electron chi connectivity index (χ2n) is 7.61. The quantitative estimate of drug-likeness (QED) is 0.447. The van der Waals surface area contributed by atoms with Crippen molar-refractivity contribution in [1.29, 1.82) is 0 Å². The molecule has 2 nitrogen and oxygen atoms in total. The molecule has 4 atom stereocenters. The summed E-state index contributed by atoms with van der Waals surface area (Å²) in [6, 6.07) is 10.4. The molecule has 3 heteroatoms. The Kier molecular flexibility index (Phi) is 5.09. The number of rotatable bonds is 4. The van der Waals surface area contributed by atoms with Crippen molar-refractivity contribution in [1.82, 2.24) is 0 Å². The Morgan fingerprint density at radius 3 is 2.79 bits per heavy atom. The van der Waals surface area contributed by atoms with Crippen LogP contribution in [0.5, 0.6) is 0 Å². The number of fused-ring (bicyclic) bond motifs is 1. The van der Waals surface area contributed by atoms with Crippen LogP contribution in [-0.2, 0) is 9.53 Å². The summed E-state index contributed by atoms with van der Waals surface area (Å²) in [5.74, 6) is 3.69. The van der Waals surface area contributed by atoms with Gasteiger partial charge in [0.05, 0.1) is 0 Å². The molecule has 2 aliphatic carbocycles. The van der Waals surface area contributed by atoms with Gasteiger partial charge in [-0.1, -0.05) is 0 Å². The van der Waals surface area contributed by atoms with E-state index in [1.807, 2.05) is 6.07 Å². The Morgan fingerprint density at radius 1 is 1.38 bits per heavy atom. The van der Waals surface area contributed by atoms with E-state index in [1.165, 1.54) is 23.7 Å². The zero-order valence-corrected chi connectivity index (χ0v) is 16.3. The second kappa shape index (κ2) is 6.95. The summed E-state index contributed by atoms with van der Waals surface area (Å²) in [6.45, 7) is 4.85. The van der Waals surface area contributed by atoms with Crippen LogP contribution in [0, 0.1) is 29.6 Å². The van der Waals surface area contributed by atoms with E-state index in [9.17, 15) is 4.79 Å². The van der Waals surface area contributed by atoms with Gasteiger partial charge in [0.15, 0.2) is 0 Å². The van der Waals surface area contributed by atoms with Crippen molar-refractivity contribution in [3.63, 3.8) is 0 Å². The number of hydrogen-bond acceptors (Lipinski definition) is 2. The van der Waals surface area contributed by atoms with Crippen LogP contribution < -0.4 is 4.46 Å². The van der Waals surface area contributed by atoms with Crippen molar-refractivity contribution in [2.24, 2.45) is 17.3 Å². The number of hydrogen-bond donors (Lipinski definition) is 0. The van der Waals surface area contributed by atoms with Crippen molar-refractivity contribution < 1.29 is 9.53 Å². The van der Waals surface area contributed by atoms with Crippen molar-refractivity contribution >= 4 is 25.4 Å². The van der Waals surface area contributed by atoms with Crippen molar-refractivity contribution in [3.05, 3.63) is 30.3 Å². The molecule has 0 aromatic heterocycles. The topological polar surface area (TPSA) is 26.3 Å². The fourth-order valence-electron chi connectivity index (χ4n) is 4.70. The van der Waals surface area contributed by atoms with Crippen LogP contribution in [0.3, 0.4) is 0 Å². The molecule has 24 heavy (non-hydrogen) atoms. The summed E-state index contributed by atoms with van der Waals surface area (Å²) < 4.78 is 6.40. The van der Waals surface area contributed by atoms with Crippen LogP contribution in [-0.4, -0.2) is 27.5 Å². The molecule has 2 aliphatic rings. The standard InChI is InChI=1S/C21H26O2Se/c1-4-13-23-19(22)21(24-18-11-6-5-7-12-18)14-17-10-8-9-16(2)20(17,3)15-21/h1,5-7,11-12,16-17H,8-10,13-15H2,2-3H3/t16-,17-,20+,21?/m0/s1. The Hall–Kier alpha value is -1.23. The summed E-state index contributed by atoms with van der Waals surface area (Å²) in [6.07, 6.45) is 11.0. The van der Waals surface area contributed by atoms with Gasteiger partial charge in [0.1, 0.15) is 0 Å². The van der Waals surface area contributed by atoms with Gasteiger partial charge in [0.2, 0.25) is 0 Å². The fraction of sp³-hybridized carbons (Fsp3) is 0.571. The molecule has 0 bridgehead atoms. The normalized spacial score (nSPS) is 35.0. The third-order valence-corrected chi connectivity index (χ3v) is 9.09. The van der Waals surface area contributed by atoms with Gasteiger partial charge >= 0.3 is 152 Å². The molecule has 128 valence electrons. The van der Waals surface area contributed by atoms with E-state index < -0.39 is 0 Å². The third-order valence-electron chi connectivity index (χ3n) is 6.21. The summed E-state index contributed by atoms with van der Waals surface area (Å²) in [7, 11) is 0. The monoisotopic (exact) mass is 390 g/mol. The molecule has 0 aliphatic heterocycles. The number of carbonyl (C=O) groups is 1. The number of carbonyl (C=O) groups excluding carboxylic acids is 1. The van der Waals surface area contributed by atoms with Gasteiger partial charge in [-0.2, -0.15) is 0 Å². The molecule has 0 N–H and O–H groups in total. The molecule has 3 rings (SSSR count). The maximum absolute atomic E-state index is 13.0. The number of ether oxygens (including phenoxy) is 1. The molecule has 0 radical (unpaired) electrons. The van der Waals surface area contributed by atoms with E-state index in [0.717, 1.165) is 12.8 Å². The van der Waals surface area contributed by atoms with Gasteiger partial charge in [-0.05, 0) is 0 Å². The van der Waals surface area contributed by atoms with E-state index in [4.69, 9.17) is 11.2 Å². The molecule has 0 spiro atoms. The second-order valence-corrected chi connectivity index (χ2v) is 10.7. The van der Waals surface area contributed by atoms with Crippen LogP contribution in [0.1, 0.15) is 46.0 Å². The summed E-state index contributed by atoms with van der Waals surface area (Å²) >= 11 is 0.0695. The van der Waals surface area contributed by atoms with E-state index in [-0.39, 0.29) is 37.3 Å². The summed E-state index contributed by atoms with van der Waals surface area (Å²) in [4.78, 5) is 13.0. The van der Waals surface area contributed by atoms with Crippen LogP contribution >= 0.6 is 0 Å². The van der Waals surface area contributed by atoms with E-state index in [1.54, 1.807) is 0 Å². The minimum absolute atomic E-state index is 0.0628. The van der Waals surface area contributed by atoms with Crippen molar-refractivity contribution in [2.75, 3.05) is 6.61 Å². The first-order valence-electron chi connectivity index (χ1n) is 8.85. The van der Waals surface area contributed by atoms with Crippen LogP contribution in [0.4, 0.5) is 0 Å². The van der Waals surface area contributed by atoms with Gasteiger partial charge in [-0.25, -0.2) is 0 Å². The SMILES string of the molecule is C#CCOC(=O)C1([Se]c2ccccc2)C[C@@H]2CCC[C@H](C)[C@@]2(C)C1. The van der Waals surface area contributed by atoms with Crippen molar-refractivity contribution in [3.8, 4) is 12.3 Å². The number of benzene rings is 1. The average Bonchev–Trinajstić information content (AvgIpc) is 2.88. The molecule has 1 aromatic rings. The zero-order valence-electron chi connectivity index (χ0n) is 14.6. The molecule has 0 amide bonds. The van der Waals surface area contributed by atoms with Gasteiger partial charge < -0.3 is 0 Å². The Balaban J connectivity index is 1.92. The van der Waals surface area contributed by atoms with Gasteiger partial charge in [0.25, 0.3) is 0 Å². The summed E-state index contributed by atoms with van der Waals surface area (Å²) in [5.41, 5.74) is 0.254. The first-order valence-corrected chi connectivity index (χ1v) is 10.6. The molecular weight excluding hydrogens is 363 g/mol. The molecule has 2 fully saturated rings. The predicted molar refractivity (Wildman–Crippen MR) is 98.2 cm³/mol. The first-order chi connectivity index (χ1) is 11.5. The van der Waals surface area contributed by atoms with E-state index in [2.05, 4.69) is 44.0 Å². The number of terminal acetylenes is 1. The molecule has 1 aromatic carbocycles. The van der Waals surface area contributed by atoms with Gasteiger partial charge in [0, 0.05) is 0 Å². The molecular formula is C21H26O2Se. The number of esters is 1. The zero-order chi connectivity index (χ0) is 17.2. The van der Waals surface area contributed by atoms with Gasteiger partial charge in [-0.15, -0.1) is 0 Å². The maximum atomic E-state index is 13.0. The molecule has 2 saturated carbocycles. The molecule has 0 heterocycles. The van der Waals surface area contributed by atoms with Crippen molar-refractivity contribution in [2.45, 2.75) is 50.3 Å². The third kappa shape index (κ3) is 3.15. The van der Waals surface area contributed by atoms with Crippen LogP contribution in [0.25, 0.3) is 0 Å². The Morgan fingerprint density at radius 2 is 2.12 bits per heavy atom. The Bertz CT molecular complexity index is 635. The van der Waals surface area contributed by atoms with Crippen LogP contribution in [0.15, 0.2) is 30.3 Å². The van der Waals surface area contributed by atoms with E-state index >= 15 is 0 Å².